The fraction of sp³-hybridized carbons (Fsp3) is 0.0769. The van der Waals surface area contributed by atoms with Gasteiger partial charge in [-0.1, -0.05) is 78.1 Å². The van der Waals surface area contributed by atoms with E-state index in [1.807, 2.05) is 12.1 Å². The molecule has 0 heterocycles. The number of rotatable bonds is 2. The van der Waals surface area contributed by atoms with Crippen LogP contribution in [-0.4, -0.2) is 0 Å². The van der Waals surface area contributed by atoms with Crippen LogP contribution in [0.25, 0.3) is 0 Å². The number of benzene rings is 2. The molecule has 0 bridgehead atoms. The van der Waals surface area contributed by atoms with E-state index in [0.29, 0.717) is 0 Å². The van der Waals surface area contributed by atoms with Gasteiger partial charge in [0.15, 0.2) is 0 Å². The fourth-order valence-electron chi connectivity index (χ4n) is 1.54. The van der Waals surface area contributed by atoms with E-state index in [1.165, 1.54) is 11.1 Å². The SMILES string of the molecule is Brc1cc(Br)cc(C(Br)c2ccccc2)c1. The van der Waals surface area contributed by atoms with Crippen LogP contribution >= 0.6 is 47.8 Å². The Morgan fingerprint density at radius 2 is 1.31 bits per heavy atom. The van der Waals surface area contributed by atoms with Gasteiger partial charge in [0.05, 0.1) is 4.83 Å². The van der Waals surface area contributed by atoms with Crippen molar-refractivity contribution in [2.75, 3.05) is 0 Å². The Labute approximate surface area is 120 Å². The molecular formula is C13H9Br3. The smallest absolute Gasteiger partial charge is 0.0645 e. The first kappa shape index (κ1) is 12.3. The maximum Gasteiger partial charge on any atom is 0.0645 e. The van der Waals surface area contributed by atoms with E-state index < -0.39 is 0 Å². The molecule has 0 aliphatic carbocycles. The van der Waals surface area contributed by atoms with E-state index in [1.54, 1.807) is 0 Å². The van der Waals surface area contributed by atoms with Crippen molar-refractivity contribution in [3.63, 3.8) is 0 Å². The Bertz CT molecular complexity index is 460. The number of alkyl halides is 1. The molecule has 0 aliphatic heterocycles. The van der Waals surface area contributed by atoms with Crippen molar-refractivity contribution in [1.82, 2.24) is 0 Å². The standard InChI is InChI=1S/C13H9Br3/c14-11-6-10(7-12(15)8-11)13(16)9-4-2-1-3-5-9/h1-8,13H. The van der Waals surface area contributed by atoms with E-state index in [9.17, 15) is 0 Å². The predicted octanol–water partition coefficient (Wildman–Crippen LogP) is 5.70. The number of hydrogen-bond acceptors (Lipinski definition) is 0. The van der Waals surface area contributed by atoms with Gasteiger partial charge in [-0.05, 0) is 29.3 Å². The first-order chi connectivity index (χ1) is 7.66. The molecule has 16 heavy (non-hydrogen) atoms. The summed E-state index contributed by atoms with van der Waals surface area (Å²) in [6.07, 6.45) is 0. The van der Waals surface area contributed by atoms with Gasteiger partial charge in [0.1, 0.15) is 0 Å². The van der Waals surface area contributed by atoms with Crippen molar-refractivity contribution in [3.8, 4) is 0 Å². The second-order valence-electron chi connectivity index (χ2n) is 3.48. The van der Waals surface area contributed by atoms with Gasteiger partial charge < -0.3 is 0 Å². The summed E-state index contributed by atoms with van der Waals surface area (Å²) in [7, 11) is 0. The first-order valence-electron chi connectivity index (χ1n) is 4.82. The van der Waals surface area contributed by atoms with Gasteiger partial charge in [0.2, 0.25) is 0 Å². The highest BCUT2D eigenvalue weighted by atomic mass is 79.9. The Balaban J connectivity index is 2.37. The average Bonchev–Trinajstić information content (AvgIpc) is 2.28. The molecule has 0 saturated heterocycles. The molecule has 2 aromatic rings. The summed E-state index contributed by atoms with van der Waals surface area (Å²) < 4.78 is 2.16. The predicted molar refractivity (Wildman–Crippen MR) is 79.1 cm³/mol. The van der Waals surface area contributed by atoms with Gasteiger partial charge >= 0.3 is 0 Å². The molecule has 3 heteroatoms. The van der Waals surface area contributed by atoms with E-state index in [2.05, 4.69) is 84.2 Å². The summed E-state index contributed by atoms with van der Waals surface area (Å²) in [5.41, 5.74) is 2.49. The van der Waals surface area contributed by atoms with E-state index >= 15 is 0 Å². The average molecular weight is 405 g/mol. The summed E-state index contributed by atoms with van der Waals surface area (Å²) in [5.74, 6) is 0. The van der Waals surface area contributed by atoms with Crippen LogP contribution in [0.3, 0.4) is 0 Å². The minimum atomic E-state index is 0.225. The first-order valence-corrected chi connectivity index (χ1v) is 7.32. The molecule has 0 aromatic heterocycles. The van der Waals surface area contributed by atoms with Crippen molar-refractivity contribution in [2.45, 2.75) is 4.83 Å². The topological polar surface area (TPSA) is 0 Å². The molecule has 0 N–H and O–H groups in total. The lowest BCUT2D eigenvalue weighted by molar-refractivity contribution is 1.17. The van der Waals surface area contributed by atoms with Crippen molar-refractivity contribution in [1.29, 1.82) is 0 Å². The van der Waals surface area contributed by atoms with Crippen LogP contribution in [0.5, 0.6) is 0 Å². The Morgan fingerprint density at radius 3 is 1.88 bits per heavy atom. The fourth-order valence-corrected chi connectivity index (χ4v) is 3.43. The molecule has 0 spiro atoms. The summed E-state index contributed by atoms with van der Waals surface area (Å²) in [5, 5.41) is 0. The van der Waals surface area contributed by atoms with Crippen molar-refractivity contribution in [3.05, 3.63) is 68.6 Å². The molecule has 0 aliphatic rings. The Hall–Kier alpha value is -0.120. The molecule has 0 fully saturated rings. The highest BCUT2D eigenvalue weighted by molar-refractivity contribution is 9.11. The van der Waals surface area contributed by atoms with Gasteiger partial charge in [0, 0.05) is 8.95 Å². The van der Waals surface area contributed by atoms with Gasteiger partial charge in [-0.15, -0.1) is 0 Å². The maximum absolute atomic E-state index is 3.72. The molecule has 0 amide bonds. The highest BCUT2D eigenvalue weighted by Gasteiger charge is 2.10. The zero-order chi connectivity index (χ0) is 11.5. The zero-order valence-corrected chi connectivity index (χ0v) is 13.1. The monoisotopic (exact) mass is 402 g/mol. The van der Waals surface area contributed by atoms with Crippen molar-refractivity contribution >= 4 is 47.8 Å². The lowest BCUT2D eigenvalue weighted by Gasteiger charge is -2.11. The lowest BCUT2D eigenvalue weighted by Crippen LogP contribution is -1.92. The van der Waals surface area contributed by atoms with Gasteiger partial charge in [0.25, 0.3) is 0 Å². The molecule has 1 unspecified atom stereocenters. The minimum Gasteiger partial charge on any atom is -0.0786 e. The number of halogens is 3. The molecule has 82 valence electrons. The minimum absolute atomic E-state index is 0.225. The van der Waals surface area contributed by atoms with Gasteiger partial charge in [-0.3, -0.25) is 0 Å². The van der Waals surface area contributed by atoms with Crippen molar-refractivity contribution in [2.24, 2.45) is 0 Å². The zero-order valence-electron chi connectivity index (χ0n) is 8.33. The highest BCUT2D eigenvalue weighted by Crippen LogP contribution is 2.33. The molecule has 2 aromatic carbocycles. The van der Waals surface area contributed by atoms with Gasteiger partial charge in [-0.2, -0.15) is 0 Å². The van der Waals surface area contributed by atoms with Crippen LogP contribution in [0, 0.1) is 0 Å². The summed E-state index contributed by atoms with van der Waals surface area (Å²) in [4.78, 5) is 0.225. The second-order valence-corrected chi connectivity index (χ2v) is 6.22. The third-order valence-electron chi connectivity index (χ3n) is 2.27. The molecule has 0 saturated carbocycles. The van der Waals surface area contributed by atoms with E-state index in [-0.39, 0.29) is 4.83 Å². The summed E-state index contributed by atoms with van der Waals surface area (Å²) in [6.45, 7) is 0. The molecule has 0 radical (unpaired) electrons. The largest absolute Gasteiger partial charge is 0.0786 e. The van der Waals surface area contributed by atoms with Crippen LogP contribution in [0.1, 0.15) is 16.0 Å². The van der Waals surface area contributed by atoms with Crippen LogP contribution < -0.4 is 0 Å². The van der Waals surface area contributed by atoms with Gasteiger partial charge in [-0.25, -0.2) is 0 Å². The lowest BCUT2D eigenvalue weighted by atomic mass is 10.1. The third kappa shape index (κ3) is 2.96. The van der Waals surface area contributed by atoms with Crippen LogP contribution in [-0.2, 0) is 0 Å². The quantitative estimate of drug-likeness (QED) is 0.563. The molecule has 2 rings (SSSR count). The van der Waals surface area contributed by atoms with Crippen LogP contribution in [0.2, 0.25) is 0 Å². The van der Waals surface area contributed by atoms with E-state index in [4.69, 9.17) is 0 Å². The van der Waals surface area contributed by atoms with E-state index in [0.717, 1.165) is 8.95 Å². The van der Waals surface area contributed by atoms with Crippen molar-refractivity contribution < 1.29 is 0 Å². The maximum atomic E-state index is 3.72. The second kappa shape index (κ2) is 5.48. The summed E-state index contributed by atoms with van der Waals surface area (Å²) >= 11 is 10.7. The molecule has 0 nitrogen and oxygen atoms in total. The normalized spacial score (nSPS) is 12.4. The Kier molecular flexibility index (Phi) is 4.22. The molecular weight excluding hydrogens is 396 g/mol. The molecule has 1 atom stereocenters. The Morgan fingerprint density at radius 1 is 0.750 bits per heavy atom. The number of hydrogen-bond donors (Lipinski definition) is 0. The summed E-state index contributed by atoms with van der Waals surface area (Å²) in [6, 6.07) is 16.7. The third-order valence-corrected chi connectivity index (χ3v) is 4.24. The van der Waals surface area contributed by atoms with Crippen LogP contribution in [0.15, 0.2) is 57.5 Å². The van der Waals surface area contributed by atoms with Crippen LogP contribution in [0.4, 0.5) is 0 Å².